The number of piperidine rings is 1. The van der Waals surface area contributed by atoms with Crippen LogP contribution in [-0.4, -0.2) is 46.9 Å². The summed E-state index contributed by atoms with van der Waals surface area (Å²) in [5, 5.41) is 7.25. The van der Waals surface area contributed by atoms with E-state index in [0.29, 0.717) is 41.8 Å². The number of hydrogen-bond acceptors (Lipinski definition) is 6. The number of carbonyl (C=O) groups is 2. The van der Waals surface area contributed by atoms with E-state index in [2.05, 4.69) is 15.3 Å². The van der Waals surface area contributed by atoms with Crippen LogP contribution in [0.2, 0.25) is 5.02 Å². The number of fused-ring (bicyclic) bond motifs is 1. The van der Waals surface area contributed by atoms with Crippen molar-refractivity contribution in [1.82, 2.24) is 20.2 Å². The molecule has 5 rings (SSSR count). The van der Waals surface area contributed by atoms with E-state index in [1.807, 2.05) is 59.7 Å². The molecule has 0 saturated carbocycles. The fraction of sp³-hybridized carbons (Fsp3) is 0.286. The van der Waals surface area contributed by atoms with Crippen LogP contribution in [0.3, 0.4) is 0 Å². The van der Waals surface area contributed by atoms with E-state index >= 15 is 0 Å². The summed E-state index contributed by atoms with van der Waals surface area (Å²) in [5.74, 6) is 0.567. The topological polar surface area (TPSA) is 84.4 Å². The number of amides is 2. The average molecular weight is 535 g/mol. The standard InChI is InChI=1S/C28H27ClN4O3S/c1-17-13-20(29)8-7-19(17)15-30-26(34)24-16-37-27(32-24)18-9-11-33(12-10-18)28(35)23-14-25(36-2)21-5-3-4-6-22(21)31-23/h3-8,13-14,16,18H,9-12,15H2,1-2H3,(H,30,34). The van der Waals surface area contributed by atoms with E-state index in [0.717, 1.165) is 39.9 Å². The summed E-state index contributed by atoms with van der Waals surface area (Å²) in [6.45, 7) is 3.61. The number of ether oxygens (including phenoxy) is 1. The van der Waals surface area contributed by atoms with Gasteiger partial charge in [-0.05, 0) is 55.2 Å². The van der Waals surface area contributed by atoms with E-state index < -0.39 is 0 Å². The lowest BCUT2D eigenvalue weighted by atomic mass is 9.97. The number of halogens is 1. The van der Waals surface area contributed by atoms with E-state index in [-0.39, 0.29) is 17.7 Å². The third-order valence-corrected chi connectivity index (χ3v) is 7.99. The first kappa shape index (κ1) is 25.2. The number of nitrogens with one attached hydrogen (secondary N) is 1. The van der Waals surface area contributed by atoms with Crippen LogP contribution in [-0.2, 0) is 6.54 Å². The molecule has 2 aromatic heterocycles. The predicted molar refractivity (Wildman–Crippen MR) is 146 cm³/mol. The molecule has 0 unspecified atom stereocenters. The summed E-state index contributed by atoms with van der Waals surface area (Å²) in [6, 6.07) is 15.0. The van der Waals surface area contributed by atoms with Crippen molar-refractivity contribution in [3.8, 4) is 5.75 Å². The van der Waals surface area contributed by atoms with Gasteiger partial charge in [-0.2, -0.15) is 0 Å². The fourth-order valence-corrected chi connectivity index (χ4v) is 5.81. The Hall–Kier alpha value is -3.49. The molecular weight excluding hydrogens is 508 g/mol. The Morgan fingerprint density at radius 1 is 1.11 bits per heavy atom. The average Bonchev–Trinajstić information content (AvgIpc) is 3.42. The largest absolute Gasteiger partial charge is 0.496 e. The van der Waals surface area contributed by atoms with Gasteiger partial charge in [0.05, 0.1) is 17.6 Å². The Balaban J connectivity index is 1.19. The molecule has 0 bridgehead atoms. The van der Waals surface area contributed by atoms with Crippen molar-refractivity contribution in [1.29, 1.82) is 0 Å². The quantitative estimate of drug-likeness (QED) is 0.347. The third-order valence-electron chi connectivity index (χ3n) is 6.75. The summed E-state index contributed by atoms with van der Waals surface area (Å²) in [4.78, 5) is 36.9. The summed E-state index contributed by atoms with van der Waals surface area (Å²) < 4.78 is 5.50. The lowest BCUT2D eigenvalue weighted by Gasteiger charge is -2.31. The van der Waals surface area contributed by atoms with Crippen LogP contribution < -0.4 is 10.1 Å². The normalized spacial score (nSPS) is 14.1. The highest BCUT2D eigenvalue weighted by Crippen LogP contribution is 2.32. The Morgan fingerprint density at radius 2 is 1.89 bits per heavy atom. The maximum Gasteiger partial charge on any atom is 0.272 e. The Kier molecular flexibility index (Phi) is 7.39. The van der Waals surface area contributed by atoms with Crippen molar-refractivity contribution in [2.75, 3.05) is 20.2 Å². The molecule has 0 atom stereocenters. The van der Waals surface area contributed by atoms with Gasteiger partial charge < -0.3 is 15.0 Å². The zero-order valence-corrected chi connectivity index (χ0v) is 22.2. The van der Waals surface area contributed by atoms with Crippen LogP contribution in [0.1, 0.15) is 55.9 Å². The SMILES string of the molecule is COc1cc(C(=O)N2CCC(c3nc(C(=O)NCc4ccc(Cl)cc4C)cs3)CC2)nc2ccccc12. The molecule has 9 heteroatoms. The second-order valence-corrected chi connectivity index (χ2v) is 10.4. The van der Waals surface area contributed by atoms with Crippen LogP contribution in [0.15, 0.2) is 53.9 Å². The van der Waals surface area contributed by atoms with Gasteiger partial charge in [0.1, 0.15) is 17.1 Å². The van der Waals surface area contributed by atoms with Crippen molar-refractivity contribution in [3.05, 3.63) is 86.5 Å². The summed E-state index contributed by atoms with van der Waals surface area (Å²) in [5.41, 5.74) is 3.60. The Labute approximate surface area is 224 Å². The molecule has 7 nitrogen and oxygen atoms in total. The number of rotatable bonds is 6. The maximum absolute atomic E-state index is 13.2. The van der Waals surface area contributed by atoms with Gasteiger partial charge in [-0.3, -0.25) is 9.59 Å². The van der Waals surface area contributed by atoms with Crippen LogP contribution >= 0.6 is 22.9 Å². The van der Waals surface area contributed by atoms with Gasteiger partial charge in [0, 0.05) is 47.4 Å². The molecule has 3 heterocycles. The lowest BCUT2D eigenvalue weighted by Crippen LogP contribution is -2.38. The number of aryl methyl sites for hydroxylation is 1. The molecule has 1 aliphatic heterocycles. The summed E-state index contributed by atoms with van der Waals surface area (Å²) >= 11 is 7.52. The zero-order valence-electron chi connectivity index (χ0n) is 20.7. The van der Waals surface area contributed by atoms with Crippen molar-refractivity contribution in [3.63, 3.8) is 0 Å². The maximum atomic E-state index is 13.2. The number of methoxy groups -OCH3 is 1. The number of carbonyl (C=O) groups excluding carboxylic acids is 2. The molecule has 190 valence electrons. The van der Waals surface area contributed by atoms with Gasteiger partial charge >= 0.3 is 0 Å². The minimum atomic E-state index is -0.194. The fourth-order valence-electron chi connectivity index (χ4n) is 4.62. The lowest BCUT2D eigenvalue weighted by molar-refractivity contribution is 0.0707. The molecule has 2 aromatic carbocycles. The first-order chi connectivity index (χ1) is 17.9. The zero-order chi connectivity index (χ0) is 25.9. The highest BCUT2D eigenvalue weighted by Gasteiger charge is 2.28. The van der Waals surface area contributed by atoms with Crippen LogP contribution in [0.5, 0.6) is 5.75 Å². The highest BCUT2D eigenvalue weighted by atomic mass is 35.5. The molecule has 0 spiro atoms. The van der Waals surface area contributed by atoms with Crippen LogP contribution in [0.4, 0.5) is 0 Å². The predicted octanol–water partition coefficient (Wildman–Crippen LogP) is 5.61. The first-order valence-electron chi connectivity index (χ1n) is 12.1. The highest BCUT2D eigenvalue weighted by molar-refractivity contribution is 7.09. The van der Waals surface area contributed by atoms with Gasteiger partial charge in [-0.25, -0.2) is 9.97 Å². The summed E-state index contributed by atoms with van der Waals surface area (Å²) in [6.07, 6.45) is 1.57. The molecule has 2 amide bonds. The Morgan fingerprint density at radius 3 is 2.65 bits per heavy atom. The van der Waals surface area contributed by atoms with Crippen molar-refractivity contribution >= 4 is 45.7 Å². The summed E-state index contributed by atoms with van der Waals surface area (Å²) in [7, 11) is 1.60. The monoisotopic (exact) mass is 534 g/mol. The van der Waals surface area contributed by atoms with Gasteiger partial charge in [-0.1, -0.05) is 29.8 Å². The van der Waals surface area contributed by atoms with E-state index in [9.17, 15) is 9.59 Å². The molecule has 1 aliphatic rings. The number of thiazole rings is 1. The second kappa shape index (κ2) is 10.9. The first-order valence-corrected chi connectivity index (χ1v) is 13.4. The second-order valence-electron chi connectivity index (χ2n) is 9.12. The smallest absolute Gasteiger partial charge is 0.272 e. The number of para-hydroxylation sites is 1. The van der Waals surface area contributed by atoms with Gasteiger partial charge in [0.15, 0.2) is 0 Å². The molecular formula is C28H27ClN4O3S. The van der Waals surface area contributed by atoms with E-state index in [4.69, 9.17) is 16.3 Å². The molecule has 1 saturated heterocycles. The number of nitrogens with zero attached hydrogens (tertiary/aromatic N) is 3. The van der Waals surface area contributed by atoms with Crippen molar-refractivity contribution in [2.45, 2.75) is 32.2 Å². The molecule has 37 heavy (non-hydrogen) atoms. The number of benzene rings is 2. The Bertz CT molecular complexity index is 1460. The van der Waals surface area contributed by atoms with Gasteiger partial charge in [-0.15, -0.1) is 11.3 Å². The number of aromatic nitrogens is 2. The number of pyridine rings is 1. The van der Waals surface area contributed by atoms with Crippen LogP contribution in [0, 0.1) is 6.92 Å². The number of likely N-dealkylation sites (tertiary alicyclic amines) is 1. The minimum absolute atomic E-state index is 0.0980. The molecule has 0 aliphatic carbocycles. The molecule has 4 aromatic rings. The van der Waals surface area contributed by atoms with Gasteiger partial charge in [0.25, 0.3) is 11.8 Å². The molecule has 0 radical (unpaired) electrons. The molecule has 1 N–H and O–H groups in total. The van der Waals surface area contributed by atoms with E-state index in [1.54, 1.807) is 13.2 Å². The van der Waals surface area contributed by atoms with Gasteiger partial charge in [0.2, 0.25) is 0 Å². The van der Waals surface area contributed by atoms with Crippen molar-refractivity contribution in [2.24, 2.45) is 0 Å². The molecule has 1 fully saturated rings. The van der Waals surface area contributed by atoms with E-state index in [1.165, 1.54) is 11.3 Å². The minimum Gasteiger partial charge on any atom is -0.496 e. The van der Waals surface area contributed by atoms with Crippen molar-refractivity contribution < 1.29 is 14.3 Å². The van der Waals surface area contributed by atoms with Crippen LogP contribution in [0.25, 0.3) is 10.9 Å². The third kappa shape index (κ3) is 5.45. The number of hydrogen-bond donors (Lipinski definition) is 1.